The van der Waals surface area contributed by atoms with Crippen molar-refractivity contribution in [3.05, 3.63) is 33.8 Å². The monoisotopic (exact) mass is 328 g/mol. The van der Waals surface area contributed by atoms with E-state index in [2.05, 4.69) is 15.9 Å². The average Bonchev–Trinajstić information content (AvgIpc) is 2.89. The molecule has 0 aromatic heterocycles. The topological polar surface area (TPSA) is 17.1 Å². The number of fused-ring (bicyclic) bond motifs is 2. The van der Waals surface area contributed by atoms with E-state index in [1.54, 1.807) is 0 Å². The van der Waals surface area contributed by atoms with E-state index in [9.17, 15) is 13.6 Å². The van der Waals surface area contributed by atoms with Crippen molar-refractivity contribution in [1.82, 2.24) is 0 Å². The van der Waals surface area contributed by atoms with E-state index in [1.807, 2.05) is 0 Å². The second kappa shape index (κ2) is 4.97. The van der Waals surface area contributed by atoms with Crippen molar-refractivity contribution >= 4 is 21.7 Å². The first-order chi connectivity index (χ1) is 9.04. The van der Waals surface area contributed by atoms with Gasteiger partial charge in [0.1, 0.15) is 11.6 Å². The highest BCUT2D eigenvalue weighted by Crippen LogP contribution is 2.49. The molecule has 3 rings (SSSR count). The molecule has 19 heavy (non-hydrogen) atoms. The van der Waals surface area contributed by atoms with Gasteiger partial charge in [0.05, 0.1) is 5.56 Å². The zero-order valence-electron chi connectivity index (χ0n) is 10.5. The van der Waals surface area contributed by atoms with Crippen LogP contribution in [0.4, 0.5) is 8.78 Å². The zero-order chi connectivity index (χ0) is 13.6. The molecule has 3 unspecified atom stereocenters. The van der Waals surface area contributed by atoms with Gasteiger partial charge >= 0.3 is 0 Å². The van der Waals surface area contributed by atoms with Crippen molar-refractivity contribution in [1.29, 1.82) is 0 Å². The third kappa shape index (κ3) is 2.47. The summed E-state index contributed by atoms with van der Waals surface area (Å²) >= 11 is 3.02. The SMILES string of the molecule is O=C(CC1CC2CCC1C2)c1c(F)cc(Br)cc1F. The molecule has 4 heteroatoms. The minimum atomic E-state index is -0.764. The predicted molar refractivity (Wildman–Crippen MR) is 71.9 cm³/mol. The number of carbonyl (C=O) groups excluding carboxylic acids is 1. The first kappa shape index (κ1) is 13.2. The van der Waals surface area contributed by atoms with Crippen LogP contribution in [0.2, 0.25) is 0 Å². The third-order valence-corrected chi connectivity index (χ3v) is 5.08. The number of Topliss-reactive ketones (excluding diaryl/α,β-unsaturated/α-hetero) is 1. The molecule has 1 aromatic carbocycles. The minimum absolute atomic E-state index is 0.288. The number of rotatable bonds is 3. The lowest BCUT2D eigenvalue weighted by atomic mass is 9.84. The first-order valence-corrected chi connectivity index (χ1v) is 7.51. The molecule has 2 aliphatic rings. The van der Waals surface area contributed by atoms with Gasteiger partial charge in [-0.3, -0.25) is 4.79 Å². The van der Waals surface area contributed by atoms with Crippen molar-refractivity contribution in [3.63, 3.8) is 0 Å². The van der Waals surface area contributed by atoms with Crippen LogP contribution in [0.15, 0.2) is 16.6 Å². The molecule has 0 heterocycles. The Morgan fingerprint density at radius 2 is 1.89 bits per heavy atom. The average molecular weight is 329 g/mol. The Morgan fingerprint density at radius 1 is 1.21 bits per heavy atom. The molecule has 2 aliphatic carbocycles. The van der Waals surface area contributed by atoms with E-state index in [4.69, 9.17) is 0 Å². The van der Waals surface area contributed by atoms with Crippen LogP contribution in [-0.2, 0) is 0 Å². The van der Waals surface area contributed by atoms with E-state index >= 15 is 0 Å². The summed E-state index contributed by atoms with van der Waals surface area (Å²) in [6.45, 7) is 0. The molecule has 2 fully saturated rings. The highest BCUT2D eigenvalue weighted by molar-refractivity contribution is 9.10. The minimum Gasteiger partial charge on any atom is -0.294 e. The fourth-order valence-electron chi connectivity index (χ4n) is 3.78. The van der Waals surface area contributed by atoms with E-state index in [-0.39, 0.29) is 17.8 Å². The summed E-state index contributed by atoms with van der Waals surface area (Å²) in [7, 11) is 0. The Hall–Kier alpha value is -0.770. The van der Waals surface area contributed by atoms with Gasteiger partial charge in [-0.05, 0) is 49.1 Å². The molecule has 0 radical (unpaired) electrons. The van der Waals surface area contributed by atoms with Gasteiger partial charge in [-0.15, -0.1) is 0 Å². The number of ketones is 1. The molecule has 0 amide bonds. The van der Waals surface area contributed by atoms with Gasteiger partial charge in [0.15, 0.2) is 5.78 Å². The molecule has 3 atom stereocenters. The molecular formula is C15H15BrF2O. The molecule has 2 saturated carbocycles. The standard InChI is InChI=1S/C15H15BrF2O/c16-11-6-12(17)15(13(18)7-11)14(19)5-10-4-8-1-2-9(10)3-8/h6-10H,1-5H2. The summed E-state index contributed by atoms with van der Waals surface area (Å²) in [5.41, 5.74) is -0.369. The molecule has 1 nitrogen and oxygen atoms in total. The fourth-order valence-corrected chi connectivity index (χ4v) is 4.18. The lowest BCUT2D eigenvalue weighted by Gasteiger charge is -2.20. The highest BCUT2D eigenvalue weighted by atomic mass is 79.9. The lowest BCUT2D eigenvalue weighted by molar-refractivity contribution is 0.0936. The van der Waals surface area contributed by atoms with E-state index in [1.165, 1.54) is 19.3 Å². The number of hydrogen-bond acceptors (Lipinski definition) is 1. The maximum atomic E-state index is 13.7. The molecule has 0 spiro atoms. The Morgan fingerprint density at radius 3 is 2.42 bits per heavy atom. The zero-order valence-corrected chi connectivity index (χ0v) is 12.1. The number of halogens is 3. The van der Waals surface area contributed by atoms with E-state index < -0.39 is 11.6 Å². The number of carbonyl (C=O) groups is 1. The Labute approximate surface area is 119 Å². The molecule has 2 bridgehead atoms. The van der Waals surface area contributed by atoms with Crippen LogP contribution >= 0.6 is 15.9 Å². The maximum Gasteiger partial charge on any atom is 0.169 e. The van der Waals surface area contributed by atoms with Crippen LogP contribution in [0, 0.1) is 29.4 Å². The number of benzene rings is 1. The molecule has 0 saturated heterocycles. The van der Waals surface area contributed by atoms with Crippen LogP contribution in [0.5, 0.6) is 0 Å². The largest absolute Gasteiger partial charge is 0.294 e. The van der Waals surface area contributed by atoms with Gasteiger partial charge < -0.3 is 0 Å². The van der Waals surface area contributed by atoms with Crippen LogP contribution in [0.3, 0.4) is 0 Å². The van der Waals surface area contributed by atoms with Gasteiger partial charge in [-0.2, -0.15) is 0 Å². The Kier molecular flexibility index (Phi) is 3.46. The van der Waals surface area contributed by atoms with Crippen LogP contribution in [0.25, 0.3) is 0 Å². The van der Waals surface area contributed by atoms with Crippen molar-refractivity contribution in [2.45, 2.75) is 32.1 Å². The summed E-state index contributed by atoms with van der Waals surface area (Å²) in [5.74, 6) is -0.258. The summed E-state index contributed by atoms with van der Waals surface area (Å²) in [4.78, 5) is 12.1. The Bertz CT molecular complexity index is 506. The van der Waals surface area contributed by atoms with Crippen LogP contribution in [0.1, 0.15) is 42.5 Å². The van der Waals surface area contributed by atoms with Gasteiger partial charge in [0.25, 0.3) is 0 Å². The summed E-state index contributed by atoms with van der Waals surface area (Å²) in [5, 5.41) is 0. The van der Waals surface area contributed by atoms with Gasteiger partial charge in [0.2, 0.25) is 0 Å². The van der Waals surface area contributed by atoms with Gasteiger partial charge in [0, 0.05) is 10.9 Å². The molecule has 0 N–H and O–H groups in total. The lowest BCUT2D eigenvalue weighted by Crippen LogP contribution is -2.17. The Balaban J connectivity index is 1.77. The van der Waals surface area contributed by atoms with Crippen molar-refractivity contribution in [3.8, 4) is 0 Å². The third-order valence-electron chi connectivity index (χ3n) is 4.62. The summed E-state index contributed by atoms with van der Waals surface area (Å²) < 4.78 is 27.8. The van der Waals surface area contributed by atoms with Gasteiger partial charge in [-0.1, -0.05) is 22.4 Å². The quantitative estimate of drug-likeness (QED) is 0.732. The second-order valence-corrected chi connectivity index (χ2v) is 6.72. The van der Waals surface area contributed by atoms with Crippen molar-refractivity contribution in [2.24, 2.45) is 17.8 Å². The number of hydrogen-bond donors (Lipinski definition) is 0. The summed E-state index contributed by atoms with van der Waals surface area (Å²) in [6.07, 6.45) is 4.97. The summed E-state index contributed by atoms with van der Waals surface area (Å²) in [6, 6.07) is 2.30. The van der Waals surface area contributed by atoms with Crippen molar-refractivity contribution < 1.29 is 13.6 Å². The predicted octanol–water partition coefficient (Wildman–Crippen LogP) is 4.74. The normalized spacial score (nSPS) is 28.9. The highest BCUT2D eigenvalue weighted by Gasteiger charge is 2.40. The molecular weight excluding hydrogens is 314 g/mol. The van der Waals surface area contributed by atoms with Crippen molar-refractivity contribution in [2.75, 3.05) is 0 Å². The molecule has 0 aliphatic heterocycles. The van der Waals surface area contributed by atoms with E-state index in [0.29, 0.717) is 16.3 Å². The smallest absolute Gasteiger partial charge is 0.169 e. The van der Waals surface area contributed by atoms with Crippen LogP contribution < -0.4 is 0 Å². The molecule has 1 aromatic rings. The maximum absolute atomic E-state index is 13.7. The van der Waals surface area contributed by atoms with Gasteiger partial charge in [-0.25, -0.2) is 8.78 Å². The fraction of sp³-hybridized carbons (Fsp3) is 0.533. The second-order valence-electron chi connectivity index (χ2n) is 5.81. The van der Waals surface area contributed by atoms with Crippen LogP contribution in [-0.4, -0.2) is 5.78 Å². The first-order valence-electron chi connectivity index (χ1n) is 6.72. The van der Waals surface area contributed by atoms with E-state index in [0.717, 1.165) is 24.5 Å². The molecule has 102 valence electrons.